The summed E-state index contributed by atoms with van der Waals surface area (Å²) in [6.07, 6.45) is 0. The van der Waals surface area contributed by atoms with E-state index in [0.717, 1.165) is 12.1 Å². The van der Waals surface area contributed by atoms with Crippen molar-refractivity contribution < 1.29 is 12.8 Å². The molecule has 0 saturated heterocycles. The van der Waals surface area contributed by atoms with Crippen LogP contribution in [0.2, 0.25) is 5.02 Å². The highest BCUT2D eigenvalue weighted by Gasteiger charge is 2.15. The largest absolute Gasteiger partial charge is 0.319 e. The van der Waals surface area contributed by atoms with Gasteiger partial charge in [-0.25, -0.2) is 12.8 Å². The number of benzene rings is 1. The van der Waals surface area contributed by atoms with Crippen molar-refractivity contribution in [1.82, 2.24) is 5.32 Å². The molecule has 0 unspecified atom stereocenters. The van der Waals surface area contributed by atoms with Crippen molar-refractivity contribution in [3.05, 3.63) is 27.4 Å². The molecule has 0 radical (unpaired) electrons. The molecule has 0 bridgehead atoms. The monoisotopic (exact) mass is 344 g/mol. The van der Waals surface area contributed by atoms with Crippen LogP contribution in [0.15, 0.2) is 16.6 Å². The third-order valence-electron chi connectivity index (χ3n) is 1.89. The van der Waals surface area contributed by atoms with Crippen LogP contribution in [0.4, 0.5) is 10.1 Å². The van der Waals surface area contributed by atoms with Crippen LogP contribution in [0.1, 0.15) is 0 Å². The standard InChI is InChI=1S/C9H11BrClFN2O2S/c1-13-2-3-17(15,16)14-9-7(10)4-6(12)5-8(9)11/h4-5,13-14H,2-3H2,1H3. The lowest BCUT2D eigenvalue weighted by molar-refractivity contribution is 0.598. The lowest BCUT2D eigenvalue weighted by atomic mass is 10.3. The number of anilines is 1. The molecule has 8 heteroatoms. The average Bonchev–Trinajstić information content (AvgIpc) is 2.21. The normalized spacial score (nSPS) is 11.5. The van der Waals surface area contributed by atoms with E-state index in [4.69, 9.17) is 11.6 Å². The molecule has 1 aromatic rings. The first-order chi connectivity index (χ1) is 7.85. The van der Waals surface area contributed by atoms with Gasteiger partial charge in [-0.2, -0.15) is 0 Å². The molecule has 1 rings (SSSR count). The van der Waals surface area contributed by atoms with Gasteiger partial charge in [0.15, 0.2) is 0 Å². The van der Waals surface area contributed by atoms with Crippen molar-refractivity contribution in [2.45, 2.75) is 0 Å². The first-order valence-corrected chi connectivity index (χ1v) is 7.47. The molecular weight excluding hydrogens is 335 g/mol. The minimum atomic E-state index is -3.50. The van der Waals surface area contributed by atoms with Gasteiger partial charge in [-0.3, -0.25) is 4.72 Å². The zero-order valence-corrected chi connectivity index (χ0v) is 12.1. The van der Waals surface area contributed by atoms with Crippen molar-refractivity contribution >= 4 is 43.2 Å². The quantitative estimate of drug-likeness (QED) is 0.860. The number of hydrogen-bond donors (Lipinski definition) is 2. The molecule has 96 valence electrons. The predicted octanol–water partition coefficient (Wildman–Crippen LogP) is 2.20. The molecule has 1 aromatic carbocycles. The Morgan fingerprint density at radius 1 is 1.47 bits per heavy atom. The Hall–Kier alpha value is -0.370. The maximum absolute atomic E-state index is 12.9. The lowest BCUT2D eigenvalue weighted by Gasteiger charge is -2.11. The van der Waals surface area contributed by atoms with E-state index in [1.807, 2.05) is 0 Å². The van der Waals surface area contributed by atoms with E-state index in [9.17, 15) is 12.8 Å². The first kappa shape index (κ1) is 14.7. The summed E-state index contributed by atoms with van der Waals surface area (Å²) in [4.78, 5) is 0. The van der Waals surface area contributed by atoms with Gasteiger partial charge in [-0.1, -0.05) is 11.6 Å². The van der Waals surface area contributed by atoms with Crippen molar-refractivity contribution in [2.24, 2.45) is 0 Å². The van der Waals surface area contributed by atoms with E-state index in [-0.39, 0.29) is 20.9 Å². The van der Waals surface area contributed by atoms with Crippen molar-refractivity contribution in [2.75, 3.05) is 24.1 Å². The van der Waals surface area contributed by atoms with Crippen LogP contribution in [0.5, 0.6) is 0 Å². The van der Waals surface area contributed by atoms with Crippen LogP contribution in [0.25, 0.3) is 0 Å². The molecule has 0 atom stereocenters. The van der Waals surface area contributed by atoms with Gasteiger partial charge in [0.1, 0.15) is 5.82 Å². The van der Waals surface area contributed by atoms with Gasteiger partial charge in [-0.05, 0) is 35.1 Å². The fraction of sp³-hybridized carbons (Fsp3) is 0.333. The molecule has 2 N–H and O–H groups in total. The summed E-state index contributed by atoms with van der Waals surface area (Å²) < 4.78 is 38.8. The van der Waals surface area contributed by atoms with E-state index in [0.29, 0.717) is 6.54 Å². The summed E-state index contributed by atoms with van der Waals surface area (Å²) >= 11 is 8.81. The Morgan fingerprint density at radius 2 is 2.12 bits per heavy atom. The molecule has 0 spiro atoms. The molecule has 0 amide bonds. The molecule has 0 fully saturated rings. The van der Waals surface area contributed by atoms with E-state index in [1.54, 1.807) is 7.05 Å². The second-order valence-electron chi connectivity index (χ2n) is 3.27. The van der Waals surface area contributed by atoms with Gasteiger partial charge >= 0.3 is 0 Å². The zero-order chi connectivity index (χ0) is 13.1. The topological polar surface area (TPSA) is 58.2 Å². The summed E-state index contributed by atoms with van der Waals surface area (Å²) in [5.41, 5.74) is 0.143. The van der Waals surface area contributed by atoms with Crippen LogP contribution in [0.3, 0.4) is 0 Å². The lowest BCUT2D eigenvalue weighted by Crippen LogP contribution is -2.24. The molecular formula is C9H11BrClFN2O2S. The fourth-order valence-electron chi connectivity index (χ4n) is 1.08. The van der Waals surface area contributed by atoms with Crippen LogP contribution >= 0.6 is 27.5 Å². The third kappa shape index (κ3) is 4.42. The minimum absolute atomic E-state index is 0.00454. The summed E-state index contributed by atoms with van der Waals surface area (Å²) in [6, 6.07) is 2.18. The van der Waals surface area contributed by atoms with Crippen LogP contribution in [0, 0.1) is 5.82 Å². The van der Waals surface area contributed by atoms with Gasteiger partial charge < -0.3 is 5.32 Å². The Balaban J connectivity index is 2.96. The summed E-state index contributed by atoms with van der Waals surface area (Å²) in [5.74, 6) is -0.635. The van der Waals surface area contributed by atoms with Crippen LogP contribution < -0.4 is 10.0 Å². The molecule has 0 aliphatic heterocycles. The van der Waals surface area contributed by atoms with E-state index in [1.165, 1.54) is 0 Å². The Kier molecular flexibility index (Phi) is 5.18. The van der Waals surface area contributed by atoms with Gasteiger partial charge in [0.05, 0.1) is 16.5 Å². The predicted molar refractivity (Wildman–Crippen MR) is 70.4 cm³/mol. The fourth-order valence-corrected chi connectivity index (χ4v) is 3.27. The number of rotatable bonds is 5. The SMILES string of the molecule is CNCCS(=O)(=O)Nc1c(Cl)cc(F)cc1Br. The molecule has 0 aromatic heterocycles. The molecule has 17 heavy (non-hydrogen) atoms. The first-order valence-electron chi connectivity index (χ1n) is 4.65. The van der Waals surface area contributed by atoms with Gasteiger partial charge in [-0.15, -0.1) is 0 Å². The highest BCUT2D eigenvalue weighted by molar-refractivity contribution is 9.10. The van der Waals surface area contributed by atoms with Gasteiger partial charge in [0.2, 0.25) is 10.0 Å². The smallest absolute Gasteiger partial charge is 0.234 e. The maximum Gasteiger partial charge on any atom is 0.234 e. The van der Waals surface area contributed by atoms with Gasteiger partial charge in [0, 0.05) is 11.0 Å². The maximum atomic E-state index is 12.9. The van der Waals surface area contributed by atoms with Crippen molar-refractivity contribution in [1.29, 1.82) is 0 Å². The summed E-state index contributed by atoms with van der Waals surface area (Å²) in [6.45, 7) is 0.311. The second-order valence-corrected chi connectivity index (χ2v) is 6.37. The minimum Gasteiger partial charge on any atom is -0.319 e. The average molecular weight is 346 g/mol. The number of halogens is 3. The van der Waals surface area contributed by atoms with Crippen molar-refractivity contribution in [3.8, 4) is 0 Å². The van der Waals surface area contributed by atoms with E-state index in [2.05, 4.69) is 26.0 Å². The third-order valence-corrected chi connectivity index (χ3v) is 4.07. The van der Waals surface area contributed by atoms with E-state index >= 15 is 0 Å². The molecule has 0 saturated carbocycles. The van der Waals surface area contributed by atoms with Gasteiger partial charge in [0.25, 0.3) is 0 Å². The zero-order valence-electron chi connectivity index (χ0n) is 8.93. The number of nitrogens with one attached hydrogen (secondary N) is 2. The highest BCUT2D eigenvalue weighted by atomic mass is 79.9. The number of hydrogen-bond acceptors (Lipinski definition) is 3. The van der Waals surface area contributed by atoms with E-state index < -0.39 is 15.8 Å². The molecule has 4 nitrogen and oxygen atoms in total. The molecule has 0 aliphatic rings. The Labute approximate surface area is 113 Å². The van der Waals surface area contributed by atoms with Crippen LogP contribution in [-0.4, -0.2) is 27.8 Å². The number of sulfonamides is 1. The highest BCUT2D eigenvalue weighted by Crippen LogP contribution is 2.32. The Morgan fingerprint density at radius 3 is 2.65 bits per heavy atom. The molecule has 0 heterocycles. The summed E-state index contributed by atoms with van der Waals surface area (Å²) in [5, 5.41) is 2.73. The van der Waals surface area contributed by atoms with Crippen molar-refractivity contribution in [3.63, 3.8) is 0 Å². The van der Waals surface area contributed by atoms with Crippen LogP contribution in [-0.2, 0) is 10.0 Å². The Bertz CT molecular complexity index is 487. The second kappa shape index (κ2) is 5.99. The molecule has 0 aliphatic carbocycles. The summed E-state index contributed by atoms with van der Waals surface area (Å²) in [7, 11) is -1.85.